The topological polar surface area (TPSA) is 84.1 Å². The molecule has 7 heteroatoms. The molecular formula is C19H16ClN3O3. The number of rotatable bonds is 5. The summed E-state index contributed by atoms with van der Waals surface area (Å²) < 4.78 is 4.92. The number of ether oxygens (including phenoxy) is 1. The number of anilines is 1. The molecule has 0 spiro atoms. The van der Waals surface area contributed by atoms with Crippen molar-refractivity contribution in [1.29, 1.82) is 0 Å². The molecule has 0 aliphatic rings. The number of H-pyrrole nitrogens is 1. The smallest absolute Gasteiger partial charge is 0.338 e. The molecule has 0 bridgehead atoms. The second-order valence-electron chi connectivity index (χ2n) is 5.40. The number of esters is 1. The van der Waals surface area contributed by atoms with Crippen molar-refractivity contribution in [2.24, 2.45) is 0 Å². The summed E-state index contributed by atoms with van der Waals surface area (Å²) >= 11 is 6.15. The number of hydrogen-bond donors (Lipinski definition) is 2. The molecule has 3 rings (SSSR count). The lowest BCUT2D eigenvalue weighted by Gasteiger charge is -2.05. The quantitative estimate of drug-likeness (QED) is 0.661. The molecule has 0 aliphatic heterocycles. The van der Waals surface area contributed by atoms with E-state index in [1.54, 1.807) is 43.3 Å². The molecule has 2 N–H and O–H groups in total. The Bertz CT molecular complexity index is 935. The highest BCUT2D eigenvalue weighted by Crippen LogP contribution is 2.26. The minimum absolute atomic E-state index is 0.300. The van der Waals surface area contributed by atoms with E-state index < -0.39 is 5.97 Å². The Morgan fingerprint density at radius 3 is 2.58 bits per heavy atom. The number of aromatic amines is 1. The van der Waals surface area contributed by atoms with E-state index in [0.29, 0.717) is 34.3 Å². The molecule has 1 aromatic heterocycles. The van der Waals surface area contributed by atoms with Crippen molar-refractivity contribution in [2.45, 2.75) is 6.92 Å². The van der Waals surface area contributed by atoms with Crippen LogP contribution in [-0.2, 0) is 4.74 Å². The number of nitrogens with zero attached hydrogens (tertiary/aromatic N) is 1. The molecule has 132 valence electrons. The van der Waals surface area contributed by atoms with Crippen LogP contribution in [0.4, 0.5) is 5.69 Å². The van der Waals surface area contributed by atoms with Crippen LogP contribution in [0, 0.1) is 0 Å². The molecule has 0 aliphatic carbocycles. The number of benzene rings is 2. The van der Waals surface area contributed by atoms with Gasteiger partial charge in [0.1, 0.15) is 5.69 Å². The van der Waals surface area contributed by atoms with Crippen molar-refractivity contribution < 1.29 is 14.3 Å². The second-order valence-corrected chi connectivity index (χ2v) is 5.81. The van der Waals surface area contributed by atoms with Crippen molar-refractivity contribution in [3.8, 4) is 11.3 Å². The summed E-state index contributed by atoms with van der Waals surface area (Å²) in [6.45, 7) is 2.05. The van der Waals surface area contributed by atoms with Crippen LogP contribution in [0.5, 0.6) is 0 Å². The number of amides is 1. The van der Waals surface area contributed by atoms with Gasteiger partial charge < -0.3 is 10.1 Å². The lowest BCUT2D eigenvalue weighted by molar-refractivity contribution is 0.0526. The van der Waals surface area contributed by atoms with Gasteiger partial charge in [-0.25, -0.2) is 4.79 Å². The zero-order valence-electron chi connectivity index (χ0n) is 14.0. The Morgan fingerprint density at radius 1 is 1.15 bits per heavy atom. The summed E-state index contributed by atoms with van der Waals surface area (Å²) in [5, 5.41) is 10.1. The van der Waals surface area contributed by atoms with Crippen LogP contribution in [0.25, 0.3) is 11.3 Å². The number of hydrogen-bond acceptors (Lipinski definition) is 4. The summed E-state index contributed by atoms with van der Waals surface area (Å²) in [7, 11) is 0. The standard InChI is InChI=1S/C19H16ClN3O3/c1-2-26-19(25)12-7-9-13(10-8-12)21-18(24)17-11-16(22-23-17)14-5-3-4-6-15(14)20/h3-11H,2H2,1H3,(H,21,24)(H,22,23). The van der Waals surface area contributed by atoms with E-state index in [0.717, 1.165) is 5.56 Å². The van der Waals surface area contributed by atoms with Crippen LogP contribution in [0.3, 0.4) is 0 Å². The number of carbonyl (C=O) groups is 2. The summed E-state index contributed by atoms with van der Waals surface area (Å²) in [4.78, 5) is 24.0. The van der Waals surface area contributed by atoms with E-state index >= 15 is 0 Å². The van der Waals surface area contributed by atoms with Gasteiger partial charge >= 0.3 is 5.97 Å². The van der Waals surface area contributed by atoms with Gasteiger partial charge in [-0.2, -0.15) is 5.10 Å². The molecule has 0 unspecified atom stereocenters. The van der Waals surface area contributed by atoms with E-state index in [9.17, 15) is 9.59 Å². The van der Waals surface area contributed by atoms with Gasteiger partial charge in [0, 0.05) is 11.3 Å². The first-order valence-corrected chi connectivity index (χ1v) is 8.35. The SMILES string of the molecule is CCOC(=O)c1ccc(NC(=O)c2cc(-c3ccccc3Cl)n[nH]2)cc1. The van der Waals surface area contributed by atoms with Gasteiger partial charge in [-0.3, -0.25) is 9.89 Å². The van der Waals surface area contributed by atoms with Crippen molar-refractivity contribution >= 4 is 29.2 Å². The fourth-order valence-corrected chi connectivity index (χ4v) is 2.58. The monoisotopic (exact) mass is 369 g/mol. The lowest BCUT2D eigenvalue weighted by atomic mass is 10.1. The lowest BCUT2D eigenvalue weighted by Crippen LogP contribution is -2.12. The molecule has 0 saturated heterocycles. The largest absolute Gasteiger partial charge is 0.462 e. The third-order valence-corrected chi connectivity index (χ3v) is 3.96. The maximum absolute atomic E-state index is 12.4. The first-order valence-electron chi connectivity index (χ1n) is 7.97. The highest BCUT2D eigenvalue weighted by molar-refractivity contribution is 6.33. The number of nitrogens with one attached hydrogen (secondary N) is 2. The normalized spacial score (nSPS) is 10.4. The first kappa shape index (κ1) is 17.7. The first-order chi connectivity index (χ1) is 12.6. The highest BCUT2D eigenvalue weighted by atomic mass is 35.5. The predicted octanol–water partition coefficient (Wildman–Crippen LogP) is 4.16. The number of halogens is 1. The van der Waals surface area contributed by atoms with E-state index in [4.69, 9.17) is 16.3 Å². The van der Waals surface area contributed by atoms with Gasteiger partial charge in [0.15, 0.2) is 0 Å². The maximum atomic E-state index is 12.4. The molecule has 6 nitrogen and oxygen atoms in total. The Morgan fingerprint density at radius 2 is 1.88 bits per heavy atom. The number of carbonyl (C=O) groups excluding carboxylic acids is 2. The molecule has 0 saturated carbocycles. The van der Waals surface area contributed by atoms with Crippen LogP contribution in [0.2, 0.25) is 5.02 Å². The Kier molecular flexibility index (Phi) is 5.34. The summed E-state index contributed by atoms with van der Waals surface area (Å²) in [5.74, 6) is -0.747. The van der Waals surface area contributed by atoms with E-state index in [2.05, 4.69) is 15.5 Å². The zero-order valence-corrected chi connectivity index (χ0v) is 14.7. The van der Waals surface area contributed by atoms with Crippen molar-refractivity contribution in [2.75, 3.05) is 11.9 Å². The van der Waals surface area contributed by atoms with Crippen molar-refractivity contribution in [3.63, 3.8) is 0 Å². The average Bonchev–Trinajstić information content (AvgIpc) is 3.13. The Balaban J connectivity index is 1.71. The molecule has 3 aromatic rings. The molecule has 26 heavy (non-hydrogen) atoms. The molecule has 1 heterocycles. The third-order valence-electron chi connectivity index (χ3n) is 3.63. The number of aromatic nitrogens is 2. The summed E-state index contributed by atoms with van der Waals surface area (Å²) in [6, 6.07) is 15.3. The van der Waals surface area contributed by atoms with E-state index in [1.807, 2.05) is 18.2 Å². The Labute approximate surface area is 155 Å². The fraction of sp³-hybridized carbons (Fsp3) is 0.105. The fourth-order valence-electron chi connectivity index (χ4n) is 2.35. The van der Waals surface area contributed by atoms with Crippen LogP contribution < -0.4 is 5.32 Å². The van der Waals surface area contributed by atoms with Crippen LogP contribution in [0.1, 0.15) is 27.8 Å². The van der Waals surface area contributed by atoms with Gasteiger partial charge in [0.2, 0.25) is 0 Å². The van der Waals surface area contributed by atoms with Gasteiger partial charge in [-0.1, -0.05) is 29.8 Å². The molecule has 2 aromatic carbocycles. The van der Waals surface area contributed by atoms with Crippen LogP contribution >= 0.6 is 11.6 Å². The van der Waals surface area contributed by atoms with Crippen molar-refractivity contribution in [3.05, 3.63) is 70.9 Å². The van der Waals surface area contributed by atoms with Crippen LogP contribution in [-0.4, -0.2) is 28.7 Å². The molecular weight excluding hydrogens is 354 g/mol. The molecule has 0 radical (unpaired) electrons. The molecule has 0 atom stereocenters. The van der Waals surface area contributed by atoms with Crippen LogP contribution in [0.15, 0.2) is 54.6 Å². The maximum Gasteiger partial charge on any atom is 0.338 e. The second kappa shape index (κ2) is 7.84. The highest BCUT2D eigenvalue weighted by Gasteiger charge is 2.13. The minimum atomic E-state index is -0.400. The zero-order chi connectivity index (χ0) is 18.5. The Hall–Kier alpha value is -3.12. The molecule has 1 amide bonds. The summed E-state index contributed by atoms with van der Waals surface area (Å²) in [5.41, 5.74) is 2.60. The van der Waals surface area contributed by atoms with Gasteiger partial charge in [0.25, 0.3) is 5.91 Å². The van der Waals surface area contributed by atoms with Gasteiger partial charge in [-0.15, -0.1) is 0 Å². The average molecular weight is 370 g/mol. The van der Waals surface area contributed by atoms with Gasteiger partial charge in [-0.05, 0) is 43.3 Å². The van der Waals surface area contributed by atoms with Crippen molar-refractivity contribution in [1.82, 2.24) is 10.2 Å². The predicted molar refractivity (Wildman–Crippen MR) is 99.4 cm³/mol. The summed E-state index contributed by atoms with van der Waals surface area (Å²) in [6.07, 6.45) is 0. The van der Waals surface area contributed by atoms with Gasteiger partial charge in [0.05, 0.1) is 22.9 Å². The van der Waals surface area contributed by atoms with E-state index in [1.165, 1.54) is 0 Å². The molecule has 0 fully saturated rings. The van der Waals surface area contributed by atoms with E-state index in [-0.39, 0.29) is 5.91 Å². The third kappa shape index (κ3) is 3.92. The minimum Gasteiger partial charge on any atom is -0.462 e.